The predicted molar refractivity (Wildman–Crippen MR) is 75.4 cm³/mol. The molecule has 0 aliphatic carbocycles. The third-order valence-electron chi connectivity index (χ3n) is 3.82. The average molecular weight is 278 g/mol. The van der Waals surface area contributed by atoms with Gasteiger partial charge in [0.25, 0.3) is 0 Å². The van der Waals surface area contributed by atoms with Crippen molar-refractivity contribution in [1.29, 1.82) is 0 Å². The van der Waals surface area contributed by atoms with Crippen LogP contribution in [0, 0.1) is 5.92 Å². The summed E-state index contributed by atoms with van der Waals surface area (Å²) in [5, 5.41) is 3.50. The summed E-state index contributed by atoms with van der Waals surface area (Å²) in [5.74, 6) is 0.311. The number of hydrogen-bond acceptors (Lipinski definition) is 5. The molecule has 1 aromatic heterocycles. The summed E-state index contributed by atoms with van der Waals surface area (Å²) < 4.78 is 10.0. The molecule has 1 atom stereocenters. The number of aromatic nitrogens is 1. The van der Waals surface area contributed by atoms with Crippen LogP contribution in [-0.4, -0.2) is 37.3 Å². The molecule has 0 saturated carbocycles. The van der Waals surface area contributed by atoms with Crippen molar-refractivity contribution in [3.05, 3.63) is 29.6 Å². The van der Waals surface area contributed by atoms with Gasteiger partial charge in [-0.1, -0.05) is 0 Å². The Labute approximate surface area is 119 Å². The number of carbonyl (C=O) groups excluding carboxylic acids is 1. The Morgan fingerprint density at radius 1 is 1.50 bits per heavy atom. The van der Waals surface area contributed by atoms with Crippen molar-refractivity contribution >= 4 is 5.97 Å². The summed E-state index contributed by atoms with van der Waals surface area (Å²) in [5.41, 5.74) is 1.41. The molecule has 2 heterocycles. The van der Waals surface area contributed by atoms with Crippen LogP contribution in [0.3, 0.4) is 0 Å². The second-order valence-electron chi connectivity index (χ2n) is 5.15. The maximum Gasteiger partial charge on any atom is 0.339 e. The molecule has 1 aliphatic heterocycles. The zero-order valence-corrected chi connectivity index (χ0v) is 12.1. The van der Waals surface area contributed by atoms with Gasteiger partial charge in [0.2, 0.25) is 0 Å². The molecule has 0 bridgehead atoms. The fourth-order valence-electron chi connectivity index (χ4n) is 2.42. The van der Waals surface area contributed by atoms with Crippen molar-refractivity contribution in [1.82, 2.24) is 10.3 Å². The molecule has 1 saturated heterocycles. The summed E-state index contributed by atoms with van der Waals surface area (Å²) in [6, 6.07) is 4.05. The fourth-order valence-corrected chi connectivity index (χ4v) is 2.42. The van der Waals surface area contributed by atoms with E-state index >= 15 is 0 Å². The van der Waals surface area contributed by atoms with Gasteiger partial charge >= 0.3 is 5.97 Å². The number of pyridine rings is 1. The van der Waals surface area contributed by atoms with Gasteiger partial charge in [-0.15, -0.1) is 0 Å². The summed E-state index contributed by atoms with van der Waals surface area (Å²) in [4.78, 5) is 15.6. The molecule has 0 radical (unpaired) electrons. The van der Waals surface area contributed by atoms with E-state index in [9.17, 15) is 4.79 Å². The van der Waals surface area contributed by atoms with Gasteiger partial charge < -0.3 is 14.8 Å². The molecular weight excluding hydrogens is 256 g/mol. The third-order valence-corrected chi connectivity index (χ3v) is 3.82. The van der Waals surface area contributed by atoms with E-state index < -0.39 is 0 Å². The lowest BCUT2D eigenvalue weighted by Crippen LogP contribution is -2.36. The molecule has 5 heteroatoms. The molecule has 1 fully saturated rings. The van der Waals surface area contributed by atoms with Crippen LogP contribution in [0.25, 0.3) is 0 Å². The average Bonchev–Trinajstić information content (AvgIpc) is 2.53. The van der Waals surface area contributed by atoms with Gasteiger partial charge in [-0.05, 0) is 37.8 Å². The Balaban J connectivity index is 1.82. The van der Waals surface area contributed by atoms with E-state index in [2.05, 4.69) is 22.0 Å². The highest BCUT2D eigenvalue weighted by molar-refractivity contribution is 5.88. The van der Waals surface area contributed by atoms with Crippen molar-refractivity contribution in [2.45, 2.75) is 32.4 Å². The van der Waals surface area contributed by atoms with E-state index in [1.165, 1.54) is 7.11 Å². The lowest BCUT2D eigenvalue weighted by molar-refractivity contribution is 0.0557. The van der Waals surface area contributed by atoms with Crippen LogP contribution in [0.2, 0.25) is 0 Å². The molecule has 0 amide bonds. The van der Waals surface area contributed by atoms with E-state index in [1.54, 1.807) is 12.3 Å². The number of esters is 1. The summed E-state index contributed by atoms with van der Waals surface area (Å²) in [7, 11) is 1.37. The van der Waals surface area contributed by atoms with Crippen LogP contribution in [0.15, 0.2) is 18.3 Å². The van der Waals surface area contributed by atoms with Gasteiger partial charge in [-0.3, -0.25) is 4.98 Å². The first-order valence-electron chi connectivity index (χ1n) is 7.05. The molecule has 2 rings (SSSR count). The van der Waals surface area contributed by atoms with Crippen molar-refractivity contribution in [2.24, 2.45) is 5.92 Å². The Bertz CT molecular complexity index is 427. The molecule has 1 aromatic rings. The number of hydrogen-bond donors (Lipinski definition) is 1. The van der Waals surface area contributed by atoms with Crippen LogP contribution < -0.4 is 5.32 Å². The quantitative estimate of drug-likeness (QED) is 0.832. The Kier molecular flexibility index (Phi) is 5.49. The highest BCUT2D eigenvalue weighted by Gasteiger charge is 2.19. The number of nitrogens with one attached hydrogen (secondary N) is 1. The Morgan fingerprint density at radius 2 is 2.25 bits per heavy atom. The SMILES string of the molecule is COC(=O)c1ccc(CNC(C)C2CCOCC2)nc1. The molecule has 0 aromatic carbocycles. The van der Waals surface area contributed by atoms with Crippen LogP contribution in [0.5, 0.6) is 0 Å². The van der Waals surface area contributed by atoms with E-state index in [-0.39, 0.29) is 5.97 Å². The predicted octanol–water partition coefficient (Wildman–Crippen LogP) is 1.77. The number of ether oxygens (including phenoxy) is 2. The zero-order chi connectivity index (χ0) is 14.4. The highest BCUT2D eigenvalue weighted by Crippen LogP contribution is 2.18. The number of nitrogens with zero attached hydrogens (tertiary/aromatic N) is 1. The number of methoxy groups -OCH3 is 1. The van der Waals surface area contributed by atoms with E-state index in [1.807, 2.05) is 6.07 Å². The van der Waals surface area contributed by atoms with Crippen molar-refractivity contribution in [2.75, 3.05) is 20.3 Å². The van der Waals surface area contributed by atoms with Gasteiger partial charge in [0.1, 0.15) is 0 Å². The molecule has 5 nitrogen and oxygen atoms in total. The summed E-state index contributed by atoms with van der Waals surface area (Å²) in [6.45, 7) is 4.64. The maximum absolute atomic E-state index is 11.3. The molecule has 20 heavy (non-hydrogen) atoms. The first kappa shape index (κ1) is 14.9. The number of rotatable bonds is 5. The van der Waals surface area contributed by atoms with Gasteiger partial charge in [0.15, 0.2) is 0 Å². The van der Waals surface area contributed by atoms with E-state index in [0.717, 1.165) is 31.7 Å². The zero-order valence-electron chi connectivity index (χ0n) is 12.1. The van der Waals surface area contributed by atoms with Crippen LogP contribution in [0.4, 0.5) is 0 Å². The Morgan fingerprint density at radius 3 is 2.85 bits per heavy atom. The molecule has 1 aliphatic rings. The minimum Gasteiger partial charge on any atom is -0.465 e. The fraction of sp³-hybridized carbons (Fsp3) is 0.600. The van der Waals surface area contributed by atoms with Crippen molar-refractivity contribution in [3.63, 3.8) is 0 Å². The standard InChI is InChI=1S/C15H22N2O3/c1-11(12-5-7-20-8-6-12)16-10-14-4-3-13(9-17-14)15(18)19-2/h3-4,9,11-12,16H,5-8,10H2,1-2H3. The lowest BCUT2D eigenvalue weighted by Gasteiger charge is -2.28. The van der Waals surface area contributed by atoms with Gasteiger partial charge in [0, 0.05) is 32.0 Å². The second-order valence-corrected chi connectivity index (χ2v) is 5.15. The highest BCUT2D eigenvalue weighted by atomic mass is 16.5. The van der Waals surface area contributed by atoms with Gasteiger partial charge in [-0.25, -0.2) is 4.79 Å². The summed E-state index contributed by atoms with van der Waals surface area (Å²) in [6.07, 6.45) is 3.79. The van der Waals surface area contributed by atoms with Crippen molar-refractivity contribution in [3.8, 4) is 0 Å². The molecule has 1 unspecified atom stereocenters. The third kappa shape index (κ3) is 4.02. The van der Waals surface area contributed by atoms with E-state index in [4.69, 9.17) is 4.74 Å². The van der Waals surface area contributed by atoms with Crippen molar-refractivity contribution < 1.29 is 14.3 Å². The molecule has 110 valence electrons. The first-order chi connectivity index (χ1) is 9.70. The minimum atomic E-state index is -0.354. The van der Waals surface area contributed by atoms with E-state index in [0.29, 0.717) is 24.1 Å². The lowest BCUT2D eigenvalue weighted by atomic mass is 9.93. The van der Waals surface area contributed by atoms with Crippen LogP contribution in [0.1, 0.15) is 35.8 Å². The smallest absolute Gasteiger partial charge is 0.339 e. The van der Waals surface area contributed by atoms with Crippen LogP contribution in [-0.2, 0) is 16.0 Å². The Hall–Kier alpha value is -1.46. The second kappa shape index (κ2) is 7.36. The van der Waals surface area contributed by atoms with Gasteiger partial charge in [0.05, 0.1) is 18.4 Å². The summed E-state index contributed by atoms with van der Waals surface area (Å²) >= 11 is 0. The van der Waals surface area contributed by atoms with Gasteiger partial charge in [-0.2, -0.15) is 0 Å². The maximum atomic E-state index is 11.3. The topological polar surface area (TPSA) is 60.5 Å². The largest absolute Gasteiger partial charge is 0.465 e. The minimum absolute atomic E-state index is 0.354. The normalized spacial score (nSPS) is 17.7. The molecule has 1 N–H and O–H groups in total. The molecule has 0 spiro atoms. The molecular formula is C15H22N2O3. The first-order valence-corrected chi connectivity index (χ1v) is 7.05. The number of carbonyl (C=O) groups is 1. The van der Waals surface area contributed by atoms with Crippen LogP contribution >= 0.6 is 0 Å². The monoisotopic (exact) mass is 278 g/mol.